The molecule has 0 unspecified atom stereocenters. The van der Waals surface area contributed by atoms with Crippen LogP contribution in [0.4, 0.5) is 35.9 Å². The first-order valence-electron chi connectivity index (χ1n) is 15.4. The van der Waals surface area contributed by atoms with Gasteiger partial charge in [0, 0.05) is 52.5 Å². The monoisotopic (exact) mass is 694 g/mol. The molecule has 2 saturated carbocycles. The molecule has 1 aliphatic heterocycles. The Kier molecular flexibility index (Phi) is 19.4. The summed E-state index contributed by atoms with van der Waals surface area (Å²) in [6, 6.07) is 0. The summed E-state index contributed by atoms with van der Waals surface area (Å²) >= 11 is 0. The number of alkyl carbamates (subject to hydrolysis) is 2. The van der Waals surface area contributed by atoms with E-state index in [4.69, 9.17) is 15.2 Å². The molecule has 47 heavy (non-hydrogen) atoms. The van der Waals surface area contributed by atoms with Gasteiger partial charge < -0.3 is 36.5 Å². The fraction of sp³-hybridized carbons (Fsp3) is 0.862. The second-order valence-electron chi connectivity index (χ2n) is 13.1. The first-order chi connectivity index (χ1) is 21.4. The molecular weight excluding hydrogens is 642 g/mol. The molecule has 6 N–H and O–H groups in total. The van der Waals surface area contributed by atoms with Crippen LogP contribution in [0.3, 0.4) is 0 Å². The van der Waals surface area contributed by atoms with Crippen LogP contribution in [0, 0.1) is 11.8 Å². The summed E-state index contributed by atoms with van der Waals surface area (Å²) < 4.78 is 77.0. The number of rotatable bonds is 10. The van der Waals surface area contributed by atoms with Gasteiger partial charge in [-0.05, 0) is 85.6 Å². The van der Waals surface area contributed by atoms with Gasteiger partial charge in [-0.25, -0.2) is 9.59 Å². The number of halogens is 6. The number of hydrogen-bond acceptors (Lipinski definition) is 10. The van der Waals surface area contributed by atoms with Gasteiger partial charge in [0.2, 0.25) is 0 Å². The highest BCUT2D eigenvalue weighted by Gasteiger charge is 2.54. The van der Waals surface area contributed by atoms with Crippen molar-refractivity contribution in [3.05, 3.63) is 0 Å². The third-order valence-electron chi connectivity index (χ3n) is 5.79. The molecule has 1 saturated heterocycles. The average molecular weight is 695 g/mol. The van der Waals surface area contributed by atoms with Crippen LogP contribution < -0.4 is 27.0 Å². The van der Waals surface area contributed by atoms with Crippen molar-refractivity contribution in [1.82, 2.24) is 26.2 Å². The van der Waals surface area contributed by atoms with Crippen LogP contribution in [-0.4, -0.2) is 111 Å². The van der Waals surface area contributed by atoms with Gasteiger partial charge in [-0.2, -0.15) is 26.3 Å². The maximum absolute atomic E-state index is 11.2. The maximum Gasteiger partial charge on any atom is 0.458 e. The predicted octanol–water partition coefficient (Wildman–Crippen LogP) is 3.49. The molecule has 2 aliphatic carbocycles. The lowest BCUT2D eigenvalue weighted by Crippen LogP contribution is -2.39. The largest absolute Gasteiger partial charge is 0.458 e. The molecule has 1 heterocycles. The van der Waals surface area contributed by atoms with Crippen LogP contribution in [0.2, 0.25) is 0 Å². The Morgan fingerprint density at radius 2 is 1.19 bits per heavy atom. The molecule has 12 nitrogen and oxygen atoms in total. The van der Waals surface area contributed by atoms with Crippen molar-refractivity contribution >= 4 is 23.8 Å². The second-order valence-corrected chi connectivity index (χ2v) is 13.1. The van der Waals surface area contributed by atoms with E-state index in [1.807, 2.05) is 41.5 Å². The molecule has 0 radical (unpaired) electrons. The third-order valence-corrected chi connectivity index (χ3v) is 5.79. The molecule has 2 amide bonds. The molecule has 0 atom stereocenters. The van der Waals surface area contributed by atoms with E-state index in [9.17, 15) is 45.5 Å². The summed E-state index contributed by atoms with van der Waals surface area (Å²) in [5.41, 5.74) is 4.33. The molecule has 3 aliphatic rings. The Morgan fingerprint density at radius 1 is 0.745 bits per heavy atom. The van der Waals surface area contributed by atoms with Crippen molar-refractivity contribution in [3.8, 4) is 0 Å². The fourth-order valence-corrected chi connectivity index (χ4v) is 3.32. The summed E-state index contributed by atoms with van der Waals surface area (Å²) in [4.78, 5) is 43.8. The van der Waals surface area contributed by atoms with E-state index in [1.54, 1.807) is 0 Å². The second kappa shape index (κ2) is 20.6. The Morgan fingerprint density at radius 3 is 1.53 bits per heavy atom. The lowest BCUT2D eigenvalue weighted by atomic mass is 10.2. The fourth-order valence-electron chi connectivity index (χ4n) is 3.32. The smallest absolute Gasteiger partial charge is 0.444 e. The number of carbonyl (C=O) groups is 4. The highest BCUT2D eigenvalue weighted by atomic mass is 19.4. The zero-order chi connectivity index (χ0) is 36.5. The molecule has 18 heteroatoms. The number of nitrogens with zero attached hydrogens (tertiary/aromatic N) is 1. The first kappa shape index (κ1) is 44.3. The van der Waals surface area contributed by atoms with E-state index in [-0.39, 0.29) is 6.09 Å². The quantitative estimate of drug-likeness (QED) is 0.130. The van der Waals surface area contributed by atoms with Crippen molar-refractivity contribution in [1.29, 1.82) is 0 Å². The number of amides is 2. The lowest BCUT2D eigenvalue weighted by Gasteiger charge is -2.19. The molecule has 0 spiro atoms. The van der Waals surface area contributed by atoms with Crippen LogP contribution in [0.25, 0.3) is 0 Å². The summed E-state index contributed by atoms with van der Waals surface area (Å²) in [5.74, 6) is -4.87. The van der Waals surface area contributed by atoms with Gasteiger partial charge in [-0.3, -0.25) is 14.5 Å². The van der Waals surface area contributed by atoms with Crippen LogP contribution in [0.1, 0.15) is 67.2 Å². The normalized spacial score (nSPS) is 16.6. The zero-order valence-electron chi connectivity index (χ0n) is 28.1. The Hall–Kier alpha value is -2.70. The van der Waals surface area contributed by atoms with E-state index >= 15 is 0 Å². The van der Waals surface area contributed by atoms with Gasteiger partial charge in [0.25, 0.3) is 0 Å². The number of ether oxygens (including phenoxy) is 2. The molecule has 0 aromatic carbocycles. The topological polar surface area (TPSA) is 164 Å². The average Bonchev–Trinajstić information content (AvgIpc) is 3.84. The van der Waals surface area contributed by atoms with Crippen LogP contribution in [0.5, 0.6) is 0 Å². The van der Waals surface area contributed by atoms with Crippen LogP contribution >= 0.6 is 0 Å². The minimum absolute atomic E-state index is 0.337. The number of ketones is 2. The van der Waals surface area contributed by atoms with Gasteiger partial charge in [0.1, 0.15) is 11.2 Å². The zero-order valence-corrected chi connectivity index (χ0v) is 28.1. The minimum atomic E-state index is -5.77. The SMILES string of the molecule is C1CN(CC2CC2)CN1.CC(C)(C)OC(=O)NCCN.CC(C)(C)OC(=O)NCCNCC1CC1.O=C(C(=O)C(F)(F)F)C(F)(F)F. The molecule has 276 valence electrons. The first-order valence-corrected chi connectivity index (χ1v) is 15.4. The number of nitrogens with two attached hydrogens (primary N) is 1. The van der Waals surface area contributed by atoms with Crippen molar-refractivity contribution in [3.63, 3.8) is 0 Å². The number of hydrogen-bond donors (Lipinski definition) is 5. The van der Waals surface area contributed by atoms with Gasteiger partial charge >= 0.3 is 36.1 Å². The summed E-state index contributed by atoms with van der Waals surface area (Å²) in [6.07, 6.45) is -6.62. The van der Waals surface area contributed by atoms with Gasteiger partial charge in [-0.15, -0.1) is 0 Å². The number of alkyl halides is 6. The maximum atomic E-state index is 11.2. The third kappa shape index (κ3) is 27.0. The lowest BCUT2D eigenvalue weighted by molar-refractivity contribution is -0.193. The highest BCUT2D eigenvalue weighted by Crippen LogP contribution is 2.29. The Labute approximate surface area is 272 Å². The molecule has 0 aromatic rings. The van der Waals surface area contributed by atoms with E-state index < -0.39 is 41.2 Å². The molecular formula is C29H52F6N6O6. The summed E-state index contributed by atoms with van der Waals surface area (Å²) in [5, 5.41) is 11.8. The molecule has 0 bridgehead atoms. The summed E-state index contributed by atoms with van der Waals surface area (Å²) in [6.45, 7) is 19.4. The van der Waals surface area contributed by atoms with E-state index in [0.29, 0.717) is 19.6 Å². The van der Waals surface area contributed by atoms with Gasteiger partial charge in [0.05, 0.1) is 0 Å². The predicted molar refractivity (Wildman–Crippen MR) is 162 cm³/mol. The number of nitrogens with one attached hydrogen (secondary N) is 4. The van der Waals surface area contributed by atoms with Gasteiger partial charge in [0.15, 0.2) is 0 Å². The van der Waals surface area contributed by atoms with E-state index in [2.05, 4.69) is 26.2 Å². The van der Waals surface area contributed by atoms with Crippen molar-refractivity contribution in [2.24, 2.45) is 17.6 Å². The van der Waals surface area contributed by atoms with Gasteiger partial charge in [-0.1, -0.05) is 0 Å². The minimum Gasteiger partial charge on any atom is -0.444 e. The van der Waals surface area contributed by atoms with Crippen LogP contribution in [0.15, 0.2) is 0 Å². The van der Waals surface area contributed by atoms with Crippen molar-refractivity contribution < 1.29 is 55.0 Å². The van der Waals surface area contributed by atoms with E-state index in [1.165, 1.54) is 45.3 Å². The molecule has 3 fully saturated rings. The van der Waals surface area contributed by atoms with Crippen molar-refractivity contribution in [2.45, 2.75) is 90.8 Å². The summed E-state index contributed by atoms with van der Waals surface area (Å²) in [7, 11) is 0. The van der Waals surface area contributed by atoms with E-state index in [0.717, 1.165) is 31.6 Å². The number of carbonyl (C=O) groups excluding carboxylic acids is 4. The standard InChI is InChI=1S/C11H22N2O2.C7H16N2O2.C7H14N2.C4F6O2/c1-11(2,3)15-10(14)13-7-6-12-8-9-4-5-9;1-7(2,3)11-6(10)9-5-4-8;1-2-7(1)5-9-4-3-8-6-9;5-3(6,7)1(11)2(12)4(8,9)10/h9,12H,4-8H2,1-3H3,(H,13,14);4-5,8H2,1-3H3,(H,9,10);7-8H,1-6H2;. The number of Topliss-reactive ketones (excluding diaryl/α,β-unsaturated/α-hetero) is 2. The molecule has 3 rings (SSSR count). The molecule has 0 aromatic heterocycles. The Balaban J connectivity index is 0.000000609. The van der Waals surface area contributed by atoms with Crippen molar-refractivity contribution in [2.75, 3.05) is 59.0 Å². The highest BCUT2D eigenvalue weighted by molar-refractivity contribution is 6.41. The Bertz CT molecular complexity index is 931. The van der Waals surface area contributed by atoms with Crippen LogP contribution in [-0.2, 0) is 19.1 Å².